The predicted molar refractivity (Wildman–Crippen MR) is 42.6 cm³/mol. The monoisotopic (exact) mass is 142 g/mol. The molecule has 51 valence electrons. The molecule has 0 unspecified atom stereocenters. The summed E-state index contributed by atoms with van der Waals surface area (Å²) in [5.41, 5.74) is 0. The van der Waals surface area contributed by atoms with Crippen LogP contribution in [0.2, 0.25) is 0 Å². The van der Waals surface area contributed by atoms with Crippen molar-refractivity contribution in [3.05, 3.63) is 17.0 Å². The first kappa shape index (κ1) is 7.00. The summed E-state index contributed by atoms with van der Waals surface area (Å²) in [7, 11) is 0. The highest BCUT2D eigenvalue weighted by Gasteiger charge is 2.08. The van der Waals surface area contributed by atoms with Crippen LogP contribution >= 0.6 is 11.8 Å². The molecule has 0 saturated carbocycles. The van der Waals surface area contributed by atoms with E-state index in [4.69, 9.17) is 0 Å². The largest absolute Gasteiger partial charge is 0.373 e. The van der Waals surface area contributed by atoms with Gasteiger partial charge in [-0.1, -0.05) is 19.8 Å². The van der Waals surface area contributed by atoms with Crippen LogP contribution in [0.25, 0.3) is 0 Å². The molecule has 1 nitrogen and oxygen atoms in total. The van der Waals surface area contributed by atoms with Crippen LogP contribution < -0.4 is 5.32 Å². The zero-order valence-electron chi connectivity index (χ0n) is 5.68. The van der Waals surface area contributed by atoms with E-state index in [1.54, 1.807) is 0 Å². The molecule has 0 aliphatic carbocycles. The molecule has 1 aliphatic heterocycles. The molecule has 0 bridgehead atoms. The maximum atomic E-state index is 3.19. The first-order valence-corrected chi connectivity index (χ1v) is 4.25. The average molecular weight is 142 g/mol. The molecule has 0 amide bonds. The van der Waals surface area contributed by atoms with Crippen LogP contribution in [0.3, 0.4) is 0 Å². The third-order valence-corrected chi connectivity index (χ3v) is 2.16. The third-order valence-electron chi connectivity index (χ3n) is 1.28. The van der Waals surface area contributed by atoms with Crippen molar-refractivity contribution in [2.45, 2.75) is 26.2 Å². The van der Waals surface area contributed by atoms with Gasteiger partial charge >= 0.3 is 0 Å². The maximum absolute atomic E-state index is 3.19. The van der Waals surface area contributed by atoms with Gasteiger partial charge < -0.3 is 5.32 Å². The molecule has 9 heavy (non-hydrogen) atoms. The van der Waals surface area contributed by atoms with E-state index in [0.717, 1.165) is 0 Å². The molecule has 0 spiro atoms. The summed E-state index contributed by atoms with van der Waals surface area (Å²) in [6.45, 7) is 2.22. The number of hydrogen-bond donors (Lipinski definition) is 1. The lowest BCUT2D eigenvalue weighted by Crippen LogP contribution is -2.05. The maximum Gasteiger partial charge on any atom is 0.120 e. The molecule has 2 heteroatoms. The van der Waals surface area contributed by atoms with E-state index >= 15 is 0 Å². The van der Waals surface area contributed by atoms with Gasteiger partial charge in [-0.2, -0.15) is 0 Å². The Labute approximate surface area is 60.9 Å². The van der Waals surface area contributed by atoms with Crippen LogP contribution in [0.1, 0.15) is 26.2 Å². The molecule has 0 aromatic carbocycles. The van der Waals surface area contributed by atoms with Gasteiger partial charge in [0.25, 0.3) is 0 Å². The van der Waals surface area contributed by atoms with Crippen LogP contribution in [0.15, 0.2) is 11.6 Å². The van der Waals surface area contributed by atoms with Crippen LogP contribution in [0.5, 0.6) is 0 Å². The van der Waals surface area contributed by atoms with E-state index < -0.39 is 0 Å². The van der Waals surface area contributed by atoms with Gasteiger partial charge in [0.2, 0.25) is 0 Å². The summed E-state index contributed by atoms with van der Waals surface area (Å²) in [4.78, 5) is 0. The first-order chi connectivity index (χ1) is 4.43. The van der Waals surface area contributed by atoms with Crippen molar-refractivity contribution in [2.75, 3.05) is 0 Å². The number of thioether (sulfide) groups is 1. The summed E-state index contributed by atoms with van der Waals surface area (Å²) < 4.78 is 0. The number of hydrogen-bond acceptors (Lipinski definition) is 2. The summed E-state index contributed by atoms with van der Waals surface area (Å²) in [5.74, 6) is 0. The van der Waals surface area contributed by atoms with Crippen molar-refractivity contribution in [3.63, 3.8) is 0 Å². The minimum atomic E-state index is 1.22. The standard InChI is InChI=1S/C7H12NS/c1-2-3-4-7-8-5-6-9-7/h5-6,8H,2-4H2,1H3. The summed E-state index contributed by atoms with van der Waals surface area (Å²) >= 11 is 1.81. The van der Waals surface area contributed by atoms with Crippen LogP contribution in [-0.4, -0.2) is 0 Å². The van der Waals surface area contributed by atoms with Crippen molar-refractivity contribution in [3.8, 4) is 0 Å². The molecule has 1 heterocycles. The van der Waals surface area contributed by atoms with Gasteiger partial charge in [-0.3, -0.25) is 0 Å². The zero-order valence-corrected chi connectivity index (χ0v) is 6.50. The Hall–Kier alpha value is -0.110. The molecule has 0 aromatic heterocycles. The smallest absolute Gasteiger partial charge is 0.120 e. The van der Waals surface area contributed by atoms with Crippen molar-refractivity contribution >= 4 is 11.8 Å². The molecule has 1 aliphatic rings. The molecule has 1 N–H and O–H groups in total. The number of unbranched alkanes of at least 4 members (excludes halogenated alkanes) is 1. The van der Waals surface area contributed by atoms with Crippen LogP contribution in [-0.2, 0) is 0 Å². The minimum Gasteiger partial charge on any atom is -0.373 e. The van der Waals surface area contributed by atoms with Gasteiger partial charge in [0, 0.05) is 6.20 Å². The highest BCUT2D eigenvalue weighted by Crippen LogP contribution is 2.27. The fourth-order valence-electron chi connectivity index (χ4n) is 0.746. The Morgan fingerprint density at radius 2 is 2.56 bits per heavy atom. The highest BCUT2D eigenvalue weighted by atomic mass is 32.2. The Bertz CT molecular complexity index is 93.1. The second kappa shape index (κ2) is 3.83. The second-order valence-corrected chi connectivity index (χ2v) is 3.09. The second-order valence-electron chi connectivity index (χ2n) is 2.09. The Morgan fingerprint density at radius 3 is 3.11 bits per heavy atom. The van der Waals surface area contributed by atoms with Gasteiger partial charge in [-0.15, -0.1) is 11.8 Å². The Balaban J connectivity index is 2.01. The lowest BCUT2D eigenvalue weighted by atomic mass is 10.2. The van der Waals surface area contributed by atoms with E-state index in [1.165, 1.54) is 24.6 Å². The number of rotatable bonds is 3. The quantitative estimate of drug-likeness (QED) is 0.649. The average Bonchev–Trinajstić information content (AvgIpc) is 2.34. The van der Waals surface area contributed by atoms with E-state index in [9.17, 15) is 0 Å². The zero-order chi connectivity index (χ0) is 6.53. The van der Waals surface area contributed by atoms with Crippen molar-refractivity contribution in [1.82, 2.24) is 5.32 Å². The van der Waals surface area contributed by atoms with Gasteiger partial charge in [0.05, 0.1) is 0 Å². The Morgan fingerprint density at radius 1 is 1.67 bits per heavy atom. The normalized spacial score (nSPS) is 18.3. The molecular weight excluding hydrogens is 130 g/mol. The fraction of sp³-hybridized carbons (Fsp3) is 0.571. The molecular formula is C7H12NS. The van der Waals surface area contributed by atoms with Gasteiger partial charge in [-0.05, 0) is 11.8 Å². The molecule has 0 aromatic rings. The molecule has 1 radical (unpaired) electrons. The fourth-order valence-corrected chi connectivity index (χ4v) is 1.44. The van der Waals surface area contributed by atoms with Gasteiger partial charge in [-0.25, -0.2) is 0 Å². The topological polar surface area (TPSA) is 12.0 Å². The van der Waals surface area contributed by atoms with E-state index in [1.807, 2.05) is 18.0 Å². The van der Waals surface area contributed by atoms with E-state index in [0.29, 0.717) is 0 Å². The lowest BCUT2D eigenvalue weighted by Gasteiger charge is -2.05. The molecule has 0 saturated heterocycles. The summed E-state index contributed by atoms with van der Waals surface area (Å²) in [5, 5.41) is 6.68. The Kier molecular flexibility index (Phi) is 2.98. The SMILES string of the molecule is CCCC[C]1NC=CS1. The van der Waals surface area contributed by atoms with Gasteiger partial charge in [0.15, 0.2) is 0 Å². The van der Waals surface area contributed by atoms with Gasteiger partial charge in [0.1, 0.15) is 5.37 Å². The molecule has 0 fully saturated rings. The van der Waals surface area contributed by atoms with Crippen molar-refractivity contribution in [2.24, 2.45) is 0 Å². The summed E-state index contributed by atoms with van der Waals surface area (Å²) in [6, 6.07) is 0. The van der Waals surface area contributed by atoms with Crippen molar-refractivity contribution < 1.29 is 0 Å². The first-order valence-electron chi connectivity index (χ1n) is 3.37. The van der Waals surface area contributed by atoms with E-state index in [2.05, 4.69) is 17.6 Å². The number of nitrogens with one attached hydrogen (secondary N) is 1. The van der Waals surface area contributed by atoms with Crippen LogP contribution in [0, 0.1) is 5.37 Å². The predicted octanol–water partition coefficient (Wildman–Crippen LogP) is 2.47. The van der Waals surface area contributed by atoms with Crippen LogP contribution in [0.4, 0.5) is 0 Å². The molecule has 0 atom stereocenters. The summed E-state index contributed by atoms with van der Waals surface area (Å²) in [6.07, 6.45) is 5.80. The van der Waals surface area contributed by atoms with Crippen molar-refractivity contribution in [1.29, 1.82) is 0 Å². The van der Waals surface area contributed by atoms with E-state index in [-0.39, 0.29) is 0 Å². The third kappa shape index (κ3) is 2.31. The minimum absolute atomic E-state index is 1.22. The lowest BCUT2D eigenvalue weighted by molar-refractivity contribution is 0.736. The molecule has 1 rings (SSSR count). The highest BCUT2D eigenvalue weighted by molar-refractivity contribution is 8.05.